The van der Waals surface area contributed by atoms with Crippen LogP contribution < -0.4 is 11.5 Å². The van der Waals surface area contributed by atoms with Gasteiger partial charge in [0.2, 0.25) is 0 Å². The van der Waals surface area contributed by atoms with Crippen molar-refractivity contribution in [3.8, 4) is 0 Å². The quantitative estimate of drug-likeness (QED) is 0.193. The summed E-state index contributed by atoms with van der Waals surface area (Å²) in [5.41, 5.74) is 11.5. The first-order valence-corrected chi connectivity index (χ1v) is 15.5. The van der Waals surface area contributed by atoms with Gasteiger partial charge in [-0.15, -0.1) is 0 Å². The molecular weight excluding hydrogens is 468 g/mol. The van der Waals surface area contributed by atoms with Crippen molar-refractivity contribution in [2.45, 2.75) is 66.5 Å². The molecule has 30 heavy (non-hydrogen) atoms. The highest BCUT2D eigenvalue weighted by atomic mass is 33.1. The largest absolute Gasteiger partial charge is 0.327 e. The number of rotatable bonds is 15. The minimum Gasteiger partial charge on any atom is -0.327 e. The fraction of sp³-hybridized carbons (Fsp3) is 1.00. The van der Waals surface area contributed by atoms with Crippen LogP contribution in [-0.2, 0) is 28.6 Å². The van der Waals surface area contributed by atoms with Crippen LogP contribution in [0.2, 0.25) is 0 Å². The summed E-state index contributed by atoms with van der Waals surface area (Å²) in [4.78, 5) is 0. The van der Waals surface area contributed by atoms with Gasteiger partial charge in [-0.05, 0) is 23.7 Å². The summed E-state index contributed by atoms with van der Waals surface area (Å²) in [5.74, 6) is 0.918. The first-order valence-electron chi connectivity index (χ1n) is 9.91. The van der Waals surface area contributed by atoms with E-state index < -0.39 is 20.2 Å². The Morgan fingerprint density at radius 1 is 0.700 bits per heavy atom. The lowest BCUT2D eigenvalue weighted by molar-refractivity contribution is 0.203. The summed E-state index contributed by atoms with van der Waals surface area (Å²) in [6, 6.07) is -0.559. The van der Waals surface area contributed by atoms with Gasteiger partial charge in [0.05, 0.1) is 24.7 Å². The zero-order chi connectivity index (χ0) is 23.6. The average Bonchev–Trinajstić information content (AvgIpc) is 2.58. The van der Waals surface area contributed by atoms with Crippen molar-refractivity contribution in [3.05, 3.63) is 0 Å². The van der Waals surface area contributed by atoms with E-state index in [2.05, 4.69) is 0 Å². The van der Waals surface area contributed by atoms with Crippen molar-refractivity contribution in [2.75, 3.05) is 36.2 Å². The number of hydrogen-bond acceptors (Lipinski definition) is 10. The molecule has 0 amide bonds. The van der Waals surface area contributed by atoms with E-state index >= 15 is 0 Å². The average molecular weight is 509 g/mol. The Bertz CT molecular complexity index is 624. The summed E-state index contributed by atoms with van der Waals surface area (Å²) >= 11 is 0. The maximum Gasteiger partial charge on any atom is 0.267 e. The minimum atomic E-state index is -3.57. The molecule has 0 aromatic carbocycles. The van der Waals surface area contributed by atoms with Gasteiger partial charge in [-0.25, -0.2) is 0 Å². The van der Waals surface area contributed by atoms with Crippen LogP contribution in [0.1, 0.15) is 54.4 Å². The predicted molar refractivity (Wildman–Crippen MR) is 128 cm³/mol. The Balaban J connectivity index is 4.00. The molecule has 0 aromatic rings. The smallest absolute Gasteiger partial charge is 0.267 e. The third-order valence-electron chi connectivity index (χ3n) is 3.47. The molecule has 0 saturated heterocycles. The van der Waals surface area contributed by atoms with Gasteiger partial charge in [-0.2, -0.15) is 16.8 Å². The molecule has 0 aliphatic rings. The van der Waals surface area contributed by atoms with Crippen LogP contribution in [0.4, 0.5) is 0 Å². The molecule has 0 saturated carbocycles. The maximum atomic E-state index is 11.9. The summed E-state index contributed by atoms with van der Waals surface area (Å²) in [5, 5.41) is 0. The van der Waals surface area contributed by atoms with Gasteiger partial charge in [0.15, 0.2) is 0 Å². The first-order chi connectivity index (χ1) is 13.4. The van der Waals surface area contributed by atoms with Gasteiger partial charge >= 0.3 is 0 Å². The van der Waals surface area contributed by atoms with Gasteiger partial charge in [0, 0.05) is 23.6 Å². The highest BCUT2D eigenvalue weighted by molar-refractivity contribution is 8.76. The van der Waals surface area contributed by atoms with Gasteiger partial charge in [0.1, 0.15) is 0 Å². The molecule has 0 bridgehead atoms. The highest BCUT2D eigenvalue weighted by Gasteiger charge is 2.20. The molecule has 0 radical (unpaired) electrons. The van der Waals surface area contributed by atoms with Gasteiger partial charge < -0.3 is 11.5 Å². The molecule has 0 rings (SSSR count). The van der Waals surface area contributed by atoms with E-state index in [1.165, 1.54) is 21.6 Å². The van der Waals surface area contributed by atoms with Crippen LogP contribution in [0.15, 0.2) is 0 Å². The Morgan fingerprint density at radius 2 is 1.00 bits per heavy atom. The SMILES string of the molecule is CC(C)(C)COS(=O)(=O)CC[C@H](N)CSSC[C@@H](N)CCS(=O)(=O)OCC(C)(C)C. The fourth-order valence-corrected chi connectivity index (χ4v) is 6.67. The number of nitrogens with two attached hydrogens (primary N) is 2. The van der Waals surface area contributed by atoms with Crippen LogP contribution in [0.25, 0.3) is 0 Å². The van der Waals surface area contributed by atoms with Crippen LogP contribution in [-0.4, -0.2) is 65.1 Å². The summed E-state index contributed by atoms with van der Waals surface area (Å²) < 4.78 is 57.6. The van der Waals surface area contributed by atoms with E-state index in [9.17, 15) is 16.8 Å². The lowest BCUT2D eigenvalue weighted by atomic mass is 9.99. The standard InChI is InChI=1S/C18H40N2O6S4/c1-17(2,3)13-25-29(21,22)9-7-15(19)11-27-28-12-16(20)8-10-30(23,24)26-14-18(4,5)6/h15-16H,7-14,19-20H2,1-6H3/t15-,16-/m0/s1. The van der Waals surface area contributed by atoms with Crippen molar-refractivity contribution in [2.24, 2.45) is 22.3 Å². The monoisotopic (exact) mass is 508 g/mol. The van der Waals surface area contributed by atoms with Crippen LogP contribution in [0, 0.1) is 10.8 Å². The Morgan fingerprint density at radius 3 is 1.27 bits per heavy atom. The summed E-state index contributed by atoms with van der Waals surface area (Å²) in [6.45, 7) is 11.7. The van der Waals surface area contributed by atoms with Gasteiger partial charge in [0.25, 0.3) is 20.2 Å². The summed E-state index contributed by atoms with van der Waals surface area (Å²) in [7, 11) is -4.15. The van der Waals surface area contributed by atoms with Gasteiger partial charge in [-0.3, -0.25) is 8.37 Å². The normalized spacial score (nSPS) is 15.9. The van der Waals surface area contributed by atoms with Crippen molar-refractivity contribution in [1.29, 1.82) is 0 Å². The van der Waals surface area contributed by atoms with E-state index in [0.717, 1.165) is 0 Å². The molecule has 0 spiro atoms. The van der Waals surface area contributed by atoms with Crippen LogP contribution in [0.5, 0.6) is 0 Å². The second-order valence-corrected chi connectivity index (χ2v) is 15.9. The Hall–Kier alpha value is 0.440. The molecule has 0 aliphatic heterocycles. The third-order valence-corrected chi connectivity index (χ3v) is 8.50. The molecule has 8 nitrogen and oxygen atoms in total. The van der Waals surface area contributed by atoms with Gasteiger partial charge in [-0.1, -0.05) is 63.1 Å². The van der Waals surface area contributed by atoms with Crippen molar-refractivity contribution in [1.82, 2.24) is 0 Å². The number of hydrogen-bond donors (Lipinski definition) is 2. The lowest BCUT2D eigenvalue weighted by Crippen LogP contribution is -2.29. The molecule has 0 fully saturated rings. The molecule has 0 aromatic heterocycles. The zero-order valence-corrected chi connectivity index (χ0v) is 22.3. The second kappa shape index (κ2) is 13.2. The van der Waals surface area contributed by atoms with Crippen LogP contribution >= 0.6 is 21.6 Å². The molecule has 0 heterocycles. The molecule has 0 aliphatic carbocycles. The predicted octanol–water partition coefficient (Wildman–Crippen LogP) is 2.59. The van der Waals surface area contributed by atoms with E-state index in [4.69, 9.17) is 19.8 Å². The Labute approximate surface area is 191 Å². The molecule has 2 atom stereocenters. The first kappa shape index (κ1) is 30.4. The van der Waals surface area contributed by atoms with Crippen molar-refractivity contribution >= 4 is 41.8 Å². The second-order valence-electron chi connectivity index (χ2n) is 9.84. The van der Waals surface area contributed by atoms with Crippen molar-refractivity contribution < 1.29 is 25.2 Å². The fourth-order valence-electron chi connectivity index (χ4n) is 1.68. The van der Waals surface area contributed by atoms with E-state index in [1.807, 2.05) is 41.5 Å². The van der Waals surface area contributed by atoms with E-state index in [1.54, 1.807) is 0 Å². The Kier molecular flexibility index (Phi) is 13.4. The highest BCUT2D eigenvalue weighted by Crippen LogP contribution is 2.24. The molecule has 0 unspecified atom stereocenters. The van der Waals surface area contributed by atoms with Crippen molar-refractivity contribution in [3.63, 3.8) is 0 Å². The molecule has 12 heteroatoms. The molecule has 182 valence electrons. The van der Waals surface area contributed by atoms with E-state index in [0.29, 0.717) is 24.3 Å². The third kappa shape index (κ3) is 19.1. The summed E-state index contributed by atoms with van der Waals surface area (Å²) in [6.07, 6.45) is 0.630. The topological polar surface area (TPSA) is 139 Å². The minimum absolute atomic E-state index is 0.110. The van der Waals surface area contributed by atoms with Crippen LogP contribution in [0.3, 0.4) is 0 Å². The lowest BCUT2D eigenvalue weighted by Gasteiger charge is -2.18. The molecule has 4 N–H and O–H groups in total. The molecular formula is C18H40N2O6S4. The maximum absolute atomic E-state index is 11.9. The zero-order valence-electron chi connectivity index (χ0n) is 19.0. The van der Waals surface area contributed by atoms with E-state index in [-0.39, 0.29) is 47.6 Å².